The summed E-state index contributed by atoms with van der Waals surface area (Å²) in [4.78, 5) is 14.2. The molecule has 3 heteroatoms. The molecule has 0 aromatic carbocycles. The molecule has 0 bridgehead atoms. The van der Waals surface area contributed by atoms with Gasteiger partial charge in [-0.25, -0.2) is 0 Å². The lowest BCUT2D eigenvalue weighted by molar-refractivity contribution is 0.112. The topological polar surface area (TPSA) is 56.0 Å². The van der Waals surface area contributed by atoms with E-state index in [2.05, 4.69) is 4.98 Å². The van der Waals surface area contributed by atoms with Gasteiger partial charge in [0.25, 0.3) is 0 Å². The maximum absolute atomic E-state index is 10.3. The van der Waals surface area contributed by atoms with E-state index in [1.165, 1.54) is 0 Å². The largest absolute Gasteiger partial charge is 0.398 e. The van der Waals surface area contributed by atoms with E-state index in [1.807, 2.05) is 0 Å². The van der Waals surface area contributed by atoms with Crippen molar-refractivity contribution in [2.24, 2.45) is 0 Å². The molecule has 10 heavy (non-hydrogen) atoms. The number of nitrogens with two attached hydrogens (primary N) is 1. The van der Waals surface area contributed by atoms with Gasteiger partial charge < -0.3 is 5.73 Å². The fourth-order valence-electron chi connectivity index (χ4n) is 0.751. The lowest BCUT2D eigenvalue weighted by Crippen LogP contribution is -1.97. The molecule has 0 saturated heterocycles. The molecule has 52 valence electrons. The number of carbonyl (C=O) groups is 1. The molecule has 0 spiro atoms. The van der Waals surface area contributed by atoms with Crippen LogP contribution in [0.5, 0.6) is 0 Å². The summed E-state index contributed by atoms with van der Waals surface area (Å²) in [5, 5.41) is 0. The second-order valence-electron chi connectivity index (χ2n) is 2.02. The number of hydrogen-bond acceptors (Lipinski definition) is 3. The van der Waals surface area contributed by atoms with Crippen LogP contribution in [-0.4, -0.2) is 11.3 Å². The lowest BCUT2D eigenvalue weighted by Gasteiger charge is -1.98. The average Bonchev–Trinajstić information content (AvgIpc) is 1.88. The standard InChI is InChI=1S/C7H8N2O/c1-5-6(4-10)7(8)2-3-9-5/h2-4H,1H3,(H2,8,9). The van der Waals surface area contributed by atoms with Crippen molar-refractivity contribution in [1.82, 2.24) is 4.98 Å². The first-order valence-electron chi connectivity index (χ1n) is 2.92. The Balaban J connectivity index is 3.30. The second kappa shape index (κ2) is 2.47. The Morgan fingerprint density at radius 3 is 2.80 bits per heavy atom. The highest BCUT2D eigenvalue weighted by Gasteiger charge is 1.99. The molecule has 0 radical (unpaired) electrons. The van der Waals surface area contributed by atoms with E-state index in [4.69, 9.17) is 5.73 Å². The zero-order valence-corrected chi connectivity index (χ0v) is 5.66. The minimum Gasteiger partial charge on any atom is -0.398 e. The first kappa shape index (κ1) is 6.74. The first-order valence-corrected chi connectivity index (χ1v) is 2.92. The van der Waals surface area contributed by atoms with Crippen LogP contribution in [0.4, 0.5) is 5.69 Å². The minimum atomic E-state index is 0.488. The van der Waals surface area contributed by atoms with Gasteiger partial charge in [0, 0.05) is 17.6 Å². The molecule has 0 amide bonds. The Morgan fingerprint density at radius 2 is 2.40 bits per heavy atom. The summed E-state index contributed by atoms with van der Waals surface area (Å²) in [6.45, 7) is 1.75. The van der Waals surface area contributed by atoms with Crippen molar-refractivity contribution >= 4 is 12.0 Å². The van der Waals surface area contributed by atoms with E-state index in [0.717, 1.165) is 6.29 Å². The van der Waals surface area contributed by atoms with Crippen molar-refractivity contribution in [3.8, 4) is 0 Å². The Hall–Kier alpha value is -1.38. The number of aldehydes is 1. The van der Waals surface area contributed by atoms with Crippen molar-refractivity contribution in [2.45, 2.75) is 6.92 Å². The van der Waals surface area contributed by atoms with E-state index in [0.29, 0.717) is 16.9 Å². The predicted octanol–water partition coefficient (Wildman–Crippen LogP) is 0.785. The quantitative estimate of drug-likeness (QED) is 0.580. The van der Waals surface area contributed by atoms with Gasteiger partial charge in [0.1, 0.15) is 0 Å². The Bertz CT molecular complexity index is 238. The van der Waals surface area contributed by atoms with Gasteiger partial charge in [-0.05, 0) is 13.0 Å². The third-order valence-corrected chi connectivity index (χ3v) is 1.34. The summed E-state index contributed by atoms with van der Waals surface area (Å²) in [7, 11) is 0. The molecule has 0 saturated carbocycles. The summed E-state index contributed by atoms with van der Waals surface area (Å²) < 4.78 is 0. The molecule has 0 fully saturated rings. The van der Waals surface area contributed by atoms with Crippen molar-refractivity contribution in [3.63, 3.8) is 0 Å². The van der Waals surface area contributed by atoms with Crippen LogP contribution in [0.15, 0.2) is 12.3 Å². The number of carbonyl (C=O) groups excluding carboxylic acids is 1. The van der Waals surface area contributed by atoms with Gasteiger partial charge in [0.05, 0.1) is 5.56 Å². The van der Waals surface area contributed by atoms with Crippen LogP contribution in [0.1, 0.15) is 16.1 Å². The summed E-state index contributed by atoms with van der Waals surface area (Å²) in [6.07, 6.45) is 2.30. The molecule has 0 aliphatic rings. The predicted molar refractivity (Wildman–Crippen MR) is 38.8 cm³/mol. The molecule has 0 aliphatic heterocycles. The molecular weight excluding hydrogens is 128 g/mol. The molecule has 1 rings (SSSR count). The van der Waals surface area contributed by atoms with Crippen molar-refractivity contribution < 1.29 is 4.79 Å². The van der Waals surface area contributed by atoms with Gasteiger partial charge in [0.15, 0.2) is 6.29 Å². The van der Waals surface area contributed by atoms with Gasteiger partial charge >= 0.3 is 0 Å². The molecule has 0 atom stereocenters. The number of nitrogens with zero attached hydrogens (tertiary/aromatic N) is 1. The third-order valence-electron chi connectivity index (χ3n) is 1.34. The number of anilines is 1. The minimum absolute atomic E-state index is 0.488. The Morgan fingerprint density at radius 1 is 1.70 bits per heavy atom. The summed E-state index contributed by atoms with van der Waals surface area (Å²) >= 11 is 0. The number of rotatable bonds is 1. The third kappa shape index (κ3) is 0.978. The molecule has 0 unspecified atom stereocenters. The number of aromatic nitrogens is 1. The van der Waals surface area contributed by atoms with Crippen molar-refractivity contribution in [1.29, 1.82) is 0 Å². The van der Waals surface area contributed by atoms with Crippen molar-refractivity contribution in [2.75, 3.05) is 5.73 Å². The van der Waals surface area contributed by atoms with E-state index < -0.39 is 0 Å². The van der Waals surface area contributed by atoms with E-state index in [-0.39, 0.29) is 0 Å². The molecule has 3 nitrogen and oxygen atoms in total. The van der Waals surface area contributed by atoms with Gasteiger partial charge in [-0.2, -0.15) is 0 Å². The maximum atomic E-state index is 10.3. The summed E-state index contributed by atoms with van der Waals surface area (Å²) in [5.41, 5.74) is 7.11. The highest BCUT2D eigenvalue weighted by Crippen LogP contribution is 2.09. The van der Waals surface area contributed by atoms with Crippen LogP contribution in [0.3, 0.4) is 0 Å². The van der Waals surface area contributed by atoms with Crippen LogP contribution in [-0.2, 0) is 0 Å². The molecule has 1 aromatic rings. The average molecular weight is 136 g/mol. The SMILES string of the molecule is Cc1nccc(N)c1C=O. The van der Waals surface area contributed by atoms with E-state index in [9.17, 15) is 4.79 Å². The normalized spacial score (nSPS) is 9.30. The molecule has 2 N–H and O–H groups in total. The summed E-state index contributed by atoms with van der Waals surface area (Å²) in [5.74, 6) is 0. The van der Waals surface area contributed by atoms with E-state index >= 15 is 0 Å². The number of hydrogen-bond donors (Lipinski definition) is 1. The maximum Gasteiger partial charge on any atom is 0.153 e. The van der Waals surface area contributed by atoms with Crippen molar-refractivity contribution in [3.05, 3.63) is 23.5 Å². The second-order valence-corrected chi connectivity index (χ2v) is 2.02. The first-order chi connectivity index (χ1) is 4.75. The zero-order valence-electron chi connectivity index (χ0n) is 5.66. The molecular formula is C7H8N2O. The monoisotopic (exact) mass is 136 g/mol. The molecule has 0 aliphatic carbocycles. The van der Waals surface area contributed by atoms with Crippen LogP contribution < -0.4 is 5.73 Å². The molecule has 1 aromatic heterocycles. The van der Waals surface area contributed by atoms with E-state index in [1.54, 1.807) is 19.2 Å². The highest BCUT2D eigenvalue weighted by molar-refractivity contribution is 5.84. The fourth-order valence-corrected chi connectivity index (χ4v) is 0.751. The molecule has 1 heterocycles. The number of nitrogen functional groups attached to an aromatic ring is 1. The Labute approximate surface area is 58.9 Å². The van der Waals surface area contributed by atoms with Crippen LogP contribution in [0.2, 0.25) is 0 Å². The van der Waals surface area contributed by atoms with Crippen LogP contribution in [0.25, 0.3) is 0 Å². The fraction of sp³-hybridized carbons (Fsp3) is 0.143. The van der Waals surface area contributed by atoms with Crippen LogP contribution in [0, 0.1) is 6.92 Å². The highest BCUT2D eigenvalue weighted by atomic mass is 16.1. The Kier molecular flexibility index (Phi) is 1.67. The van der Waals surface area contributed by atoms with Gasteiger partial charge in [-0.3, -0.25) is 9.78 Å². The van der Waals surface area contributed by atoms with Gasteiger partial charge in [-0.15, -0.1) is 0 Å². The smallest absolute Gasteiger partial charge is 0.153 e. The van der Waals surface area contributed by atoms with Gasteiger partial charge in [0.2, 0.25) is 0 Å². The van der Waals surface area contributed by atoms with Crippen LogP contribution >= 0.6 is 0 Å². The summed E-state index contributed by atoms with van der Waals surface area (Å²) in [6, 6.07) is 1.61. The number of aryl methyl sites for hydroxylation is 1. The zero-order chi connectivity index (χ0) is 7.56. The van der Waals surface area contributed by atoms with Gasteiger partial charge in [-0.1, -0.05) is 0 Å². The number of pyridine rings is 1. The lowest BCUT2D eigenvalue weighted by atomic mass is 10.2.